The predicted molar refractivity (Wildman–Crippen MR) is 300 cm³/mol. The Bertz CT molecular complexity index is 928. The summed E-state index contributed by atoms with van der Waals surface area (Å²) in [5.74, 6) is 0. The Morgan fingerprint density at radius 1 is 0.227 bits per heavy atom. The summed E-state index contributed by atoms with van der Waals surface area (Å²) < 4.78 is 11.5. The maximum atomic E-state index is 11.5. The van der Waals surface area contributed by atoms with E-state index >= 15 is 0 Å². The molecule has 0 amide bonds. The second-order valence-corrected chi connectivity index (χ2v) is 25.2. The Kier molecular flexibility index (Phi) is 54.6. The maximum Gasteiger partial charge on any atom is 0.331 e. The molecular weight excluding hydrogens is 824 g/mol. The molecule has 3 nitrogen and oxygen atoms in total. The summed E-state index contributed by atoms with van der Waals surface area (Å²) >= 11 is 0. The first kappa shape index (κ1) is 66.2. The van der Waals surface area contributed by atoms with Gasteiger partial charge in [-0.1, -0.05) is 373 Å². The molecule has 398 valence electrons. The molecule has 0 aliphatic heterocycles. The molecule has 2 N–H and O–H groups in total. The van der Waals surface area contributed by atoms with Gasteiger partial charge in [0.15, 0.2) is 0 Å². The van der Waals surface area contributed by atoms with E-state index in [4.69, 9.17) is 0 Å². The largest absolute Gasteiger partial charge is 0.331 e. The van der Waals surface area contributed by atoms with Crippen LogP contribution >= 0.6 is 7.60 Å². The summed E-state index contributed by atoms with van der Waals surface area (Å²) in [7, 11) is -3.98. The molecule has 4 heteroatoms. The van der Waals surface area contributed by atoms with Gasteiger partial charge in [0, 0.05) is 0 Å². The van der Waals surface area contributed by atoms with Gasteiger partial charge in [0.25, 0.3) is 0 Å². The molecule has 66 heavy (non-hydrogen) atoms. The third-order valence-corrected chi connectivity index (χ3v) is 17.5. The number of rotatable bonds is 59. The Labute approximate surface area is 418 Å². The van der Waals surface area contributed by atoms with Crippen LogP contribution in [0, 0.1) is 0 Å². The zero-order valence-electron chi connectivity index (χ0n) is 46.3. The minimum absolute atomic E-state index is 0.622. The first-order valence-corrected chi connectivity index (χ1v) is 33.0. The molecule has 0 heterocycles. The lowest BCUT2D eigenvalue weighted by Crippen LogP contribution is -2.19. The van der Waals surface area contributed by atoms with E-state index in [1.54, 1.807) is 13.8 Å². The molecule has 0 saturated carbocycles. The molecule has 0 aromatic carbocycles. The molecule has 0 saturated heterocycles. The zero-order valence-corrected chi connectivity index (χ0v) is 47.2. The molecule has 0 unspecified atom stereocenters. The van der Waals surface area contributed by atoms with Crippen LogP contribution in [-0.4, -0.2) is 14.9 Å². The molecule has 0 aliphatic carbocycles. The van der Waals surface area contributed by atoms with Crippen molar-refractivity contribution in [2.24, 2.45) is 0 Å². The van der Waals surface area contributed by atoms with E-state index in [0.29, 0.717) is 6.42 Å². The van der Waals surface area contributed by atoms with Crippen molar-refractivity contribution in [3.8, 4) is 0 Å². The normalized spacial score (nSPS) is 12.3. The van der Waals surface area contributed by atoms with Gasteiger partial charge in [-0.2, -0.15) is 0 Å². The Hall–Kier alpha value is 0.150. The summed E-state index contributed by atoms with van der Waals surface area (Å²) in [6.07, 6.45) is 82.8. The average Bonchev–Trinajstić information content (AvgIpc) is 3.29. The Morgan fingerprint density at radius 2 is 0.333 bits per heavy atom. The summed E-state index contributed by atoms with van der Waals surface area (Å²) in [5.41, 5.74) is 0. The lowest BCUT2D eigenvalue weighted by molar-refractivity contribution is 0.326. The smallest absolute Gasteiger partial charge is 0.324 e. The van der Waals surface area contributed by atoms with Gasteiger partial charge >= 0.3 is 7.60 Å². The molecule has 0 aromatic heterocycles. The SMILES string of the molecule is CCCCCCCCCCCCCCCCCCCCCCCCCCCCCCCCCCCCCCCCCCCCCCCCCCCCCCCCCCCC(C)(C)P(=O)(O)O. The van der Waals surface area contributed by atoms with Crippen molar-refractivity contribution in [1.29, 1.82) is 0 Å². The summed E-state index contributed by atoms with van der Waals surface area (Å²) in [4.78, 5) is 18.8. The summed E-state index contributed by atoms with van der Waals surface area (Å²) in [5, 5.41) is -0.866. The van der Waals surface area contributed by atoms with Crippen molar-refractivity contribution in [3.05, 3.63) is 0 Å². The van der Waals surface area contributed by atoms with E-state index in [1.807, 2.05) is 0 Å². The van der Waals surface area contributed by atoms with E-state index < -0.39 is 12.8 Å². The van der Waals surface area contributed by atoms with E-state index in [1.165, 1.54) is 353 Å². The third kappa shape index (κ3) is 53.5. The fraction of sp³-hybridized carbons (Fsp3) is 1.00. The van der Waals surface area contributed by atoms with E-state index in [-0.39, 0.29) is 0 Å². The number of unbranched alkanes of at least 4 members (excludes halogenated alkanes) is 56. The Balaban J connectivity index is 3.11. The van der Waals surface area contributed by atoms with E-state index in [9.17, 15) is 14.4 Å². The van der Waals surface area contributed by atoms with E-state index in [2.05, 4.69) is 6.92 Å². The van der Waals surface area contributed by atoms with Crippen molar-refractivity contribution < 1.29 is 14.4 Å². The molecule has 0 fully saturated rings. The highest BCUT2D eigenvalue weighted by Crippen LogP contribution is 2.52. The quantitative estimate of drug-likeness (QED) is 0.0472. The highest BCUT2D eigenvalue weighted by atomic mass is 31.2. The van der Waals surface area contributed by atoms with Crippen LogP contribution in [0.5, 0.6) is 0 Å². The van der Waals surface area contributed by atoms with Gasteiger partial charge in [0.1, 0.15) is 0 Å². The maximum absolute atomic E-state index is 11.5. The Morgan fingerprint density at radius 3 is 0.439 bits per heavy atom. The van der Waals surface area contributed by atoms with Crippen LogP contribution in [-0.2, 0) is 4.57 Å². The summed E-state index contributed by atoms with van der Waals surface area (Å²) in [6.45, 7) is 5.71. The standard InChI is InChI=1S/C62H127O3P/c1-4-5-6-7-8-9-10-11-12-13-14-15-16-17-18-19-20-21-22-23-24-25-26-27-28-29-30-31-32-33-34-35-36-37-38-39-40-41-42-43-44-45-46-47-48-49-50-51-52-53-54-55-56-57-58-59-60-61-62(2,3)66(63,64)65/h4-61H2,1-3H3,(H2,63,64,65). The van der Waals surface area contributed by atoms with Gasteiger partial charge < -0.3 is 9.79 Å². The fourth-order valence-corrected chi connectivity index (χ4v) is 10.9. The monoisotopic (exact) mass is 951 g/mol. The fourth-order valence-electron chi connectivity index (χ4n) is 10.5. The third-order valence-electron chi connectivity index (χ3n) is 15.7. The lowest BCUT2D eigenvalue weighted by Gasteiger charge is -2.25. The topological polar surface area (TPSA) is 57.5 Å². The van der Waals surface area contributed by atoms with Crippen LogP contribution in [0.1, 0.15) is 393 Å². The van der Waals surface area contributed by atoms with Crippen molar-refractivity contribution in [3.63, 3.8) is 0 Å². The highest BCUT2D eigenvalue weighted by Gasteiger charge is 2.36. The number of hydrogen-bond acceptors (Lipinski definition) is 1. The van der Waals surface area contributed by atoms with Gasteiger partial charge in [-0.05, 0) is 20.3 Å². The molecule has 0 spiro atoms. The van der Waals surface area contributed by atoms with Gasteiger partial charge in [-0.3, -0.25) is 4.57 Å². The molecule has 0 atom stereocenters. The van der Waals surface area contributed by atoms with Crippen LogP contribution in [0.3, 0.4) is 0 Å². The van der Waals surface area contributed by atoms with Crippen LogP contribution < -0.4 is 0 Å². The lowest BCUT2D eigenvalue weighted by atomic mass is 10.0. The van der Waals surface area contributed by atoms with Gasteiger partial charge in [0.2, 0.25) is 0 Å². The minimum Gasteiger partial charge on any atom is -0.324 e. The molecule has 0 aliphatic rings. The van der Waals surface area contributed by atoms with Crippen LogP contribution in [0.25, 0.3) is 0 Å². The number of hydrogen-bond donors (Lipinski definition) is 2. The van der Waals surface area contributed by atoms with Crippen LogP contribution in [0.4, 0.5) is 0 Å². The van der Waals surface area contributed by atoms with Gasteiger partial charge in [-0.15, -0.1) is 0 Å². The first-order chi connectivity index (χ1) is 32.3. The minimum atomic E-state index is -3.98. The van der Waals surface area contributed by atoms with E-state index in [0.717, 1.165) is 12.8 Å². The van der Waals surface area contributed by atoms with Crippen molar-refractivity contribution in [1.82, 2.24) is 0 Å². The molecule has 0 rings (SSSR count). The predicted octanol–water partition coefficient (Wildman–Crippen LogP) is 23.6. The second-order valence-electron chi connectivity index (χ2n) is 22.9. The van der Waals surface area contributed by atoms with Crippen LogP contribution in [0.15, 0.2) is 0 Å². The van der Waals surface area contributed by atoms with Crippen molar-refractivity contribution >= 4 is 7.60 Å². The first-order valence-electron chi connectivity index (χ1n) is 31.4. The molecule has 0 bridgehead atoms. The summed E-state index contributed by atoms with van der Waals surface area (Å²) in [6, 6.07) is 0. The molecule has 0 aromatic rings. The van der Waals surface area contributed by atoms with Crippen molar-refractivity contribution in [2.75, 3.05) is 0 Å². The molecule has 0 radical (unpaired) electrons. The van der Waals surface area contributed by atoms with Gasteiger partial charge in [-0.25, -0.2) is 0 Å². The van der Waals surface area contributed by atoms with Gasteiger partial charge in [0.05, 0.1) is 5.16 Å². The average molecular weight is 952 g/mol. The van der Waals surface area contributed by atoms with Crippen LogP contribution in [0.2, 0.25) is 0 Å². The highest BCUT2D eigenvalue weighted by molar-refractivity contribution is 7.53. The van der Waals surface area contributed by atoms with Crippen molar-refractivity contribution in [2.45, 2.75) is 398 Å². The molecular formula is C62H127O3P. The second kappa shape index (κ2) is 54.5. The zero-order chi connectivity index (χ0) is 48.0.